The number of carbonyl (C=O) groups is 1. The summed E-state index contributed by atoms with van der Waals surface area (Å²) in [7, 11) is 0. The van der Waals surface area contributed by atoms with Crippen molar-refractivity contribution in [2.45, 2.75) is 31.3 Å². The third-order valence-corrected chi connectivity index (χ3v) is 3.77. The maximum Gasteiger partial charge on any atom is 0.233 e. The van der Waals surface area contributed by atoms with Crippen LogP contribution in [0.5, 0.6) is 0 Å². The Morgan fingerprint density at radius 2 is 2.32 bits per heavy atom. The second-order valence-electron chi connectivity index (χ2n) is 4.44. The minimum atomic E-state index is -0.107. The van der Waals surface area contributed by atoms with Crippen molar-refractivity contribution in [2.24, 2.45) is 5.84 Å². The van der Waals surface area contributed by atoms with Crippen LogP contribution in [0, 0.1) is 6.92 Å². The molecule has 0 aliphatic carbocycles. The monoisotopic (exact) mass is 278 g/mol. The highest BCUT2D eigenvalue weighted by molar-refractivity contribution is 7.99. The number of rotatable bonds is 6. The Labute approximate surface area is 116 Å². The van der Waals surface area contributed by atoms with Crippen molar-refractivity contribution < 1.29 is 4.79 Å². The number of carbonyl (C=O) groups excluding carboxylic acids is 1. The number of fused-ring (bicyclic) bond motifs is 1. The van der Waals surface area contributed by atoms with E-state index in [9.17, 15) is 4.79 Å². The fourth-order valence-corrected chi connectivity index (χ4v) is 2.68. The van der Waals surface area contributed by atoms with E-state index >= 15 is 0 Å². The lowest BCUT2D eigenvalue weighted by atomic mass is 10.2. The highest BCUT2D eigenvalue weighted by Crippen LogP contribution is 2.21. The van der Waals surface area contributed by atoms with Crippen molar-refractivity contribution in [1.29, 1.82) is 0 Å². The number of nitrogens with one attached hydrogen (secondary N) is 2. The molecular weight excluding hydrogens is 260 g/mol. The Kier molecular flexibility index (Phi) is 4.81. The number of unbranched alkanes of at least 4 members (excludes halogenated alkanes) is 1. The van der Waals surface area contributed by atoms with Crippen LogP contribution < -0.4 is 11.3 Å². The first-order valence-corrected chi connectivity index (χ1v) is 7.26. The van der Waals surface area contributed by atoms with Gasteiger partial charge in [-0.1, -0.05) is 17.8 Å². The van der Waals surface area contributed by atoms with Gasteiger partial charge in [0.2, 0.25) is 5.91 Å². The summed E-state index contributed by atoms with van der Waals surface area (Å²) in [6, 6.07) is 6.18. The molecule has 0 atom stereocenters. The number of aryl methyl sites for hydroxylation is 1. The van der Waals surface area contributed by atoms with Gasteiger partial charge in [-0.25, -0.2) is 10.8 Å². The van der Waals surface area contributed by atoms with Crippen LogP contribution in [0.2, 0.25) is 0 Å². The highest BCUT2D eigenvalue weighted by atomic mass is 32.2. The van der Waals surface area contributed by atoms with E-state index in [2.05, 4.69) is 34.5 Å². The van der Waals surface area contributed by atoms with Crippen LogP contribution in [0.1, 0.15) is 24.8 Å². The largest absolute Gasteiger partial charge is 0.333 e. The lowest BCUT2D eigenvalue weighted by molar-refractivity contribution is -0.121. The number of nitrogens with two attached hydrogens (primary N) is 1. The molecule has 0 aliphatic rings. The molecule has 0 radical (unpaired) electrons. The van der Waals surface area contributed by atoms with E-state index in [0.717, 1.165) is 34.8 Å². The summed E-state index contributed by atoms with van der Waals surface area (Å²) in [6.07, 6.45) is 2.29. The molecule has 1 heterocycles. The molecule has 0 unspecified atom stereocenters. The number of aromatic amines is 1. The van der Waals surface area contributed by atoms with Gasteiger partial charge < -0.3 is 4.98 Å². The molecule has 1 aromatic carbocycles. The van der Waals surface area contributed by atoms with Crippen LogP contribution in [-0.4, -0.2) is 21.6 Å². The van der Waals surface area contributed by atoms with Crippen LogP contribution in [0.15, 0.2) is 23.4 Å². The Hall–Kier alpha value is -1.53. The van der Waals surface area contributed by atoms with Crippen LogP contribution in [0.25, 0.3) is 11.0 Å². The summed E-state index contributed by atoms with van der Waals surface area (Å²) in [5, 5.41) is 0.934. The number of aromatic nitrogens is 2. The molecule has 0 saturated carbocycles. The fourth-order valence-electron chi connectivity index (χ4n) is 1.80. The number of thioether (sulfide) groups is 1. The molecule has 4 N–H and O–H groups in total. The molecule has 102 valence electrons. The van der Waals surface area contributed by atoms with E-state index in [0.29, 0.717) is 6.42 Å². The minimum absolute atomic E-state index is 0.107. The Morgan fingerprint density at radius 1 is 1.47 bits per heavy atom. The summed E-state index contributed by atoms with van der Waals surface area (Å²) >= 11 is 1.68. The topological polar surface area (TPSA) is 83.8 Å². The smallest absolute Gasteiger partial charge is 0.233 e. The molecule has 5 nitrogen and oxygen atoms in total. The van der Waals surface area contributed by atoms with Crippen molar-refractivity contribution in [3.05, 3.63) is 23.8 Å². The predicted molar refractivity (Wildman–Crippen MR) is 77.7 cm³/mol. The number of H-pyrrole nitrogens is 1. The van der Waals surface area contributed by atoms with E-state index < -0.39 is 0 Å². The van der Waals surface area contributed by atoms with Crippen molar-refractivity contribution in [1.82, 2.24) is 15.4 Å². The average molecular weight is 278 g/mol. The molecule has 0 fully saturated rings. The maximum atomic E-state index is 10.9. The minimum Gasteiger partial charge on any atom is -0.333 e. The zero-order chi connectivity index (χ0) is 13.7. The van der Waals surface area contributed by atoms with Crippen molar-refractivity contribution in [3.8, 4) is 0 Å². The molecule has 0 saturated heterocycles. The summed E-state index contributed by atoms with van der Waals surface area (Å²) in [4.78, 5) is 18.7. The van der Waals surface area contributed by atoms with Gasteiger partial charge in [0.05, 0.1) is 11.0 Å². The van der Waals surface area contributed by atoms with Gasteiger partial charge in [0.1, 0.15) is 0 Å². The first kappa shape index (κ1) is 13.9. The predicted octanol–water partition coefficient (Wildman–Crippen LogP) is 2.12. The lowest BCUT2D eigenvalue weighted by Gasteiger charge is -1.99. The van der Waals surface area contributed by atoms with Crippen LogP contribution in [0.4, 0.5) is 0 Å². The summed E-state index contributed by atoms with van der Waals surface area (Å²) in [6.45, 7) is 2.07. The Morgan fingerprint density at radius 3 is 3.11 bits per heavy atom. The normalized spacial score (nSPS) is 10.8. The number of benzene rings is 1. The van der Waals surface area contributed by atoms with Gasteiger partial charge in [0.15, 0.2) is 5.16 Å². The average Bonchev–Trinajstić information content (AvgIpc) is 2.79. The van der Waals surface area contributed by atoms with Crippen LogP contribution in [0.3, 0.4) is 0 Å². The number of hydrazine groups is 1. The van der Waals surface area contributed by atoms with Gasteiger partial charge >= 0.3 is 0 Å². The number of imidazole rings is 1. The maximum absolute atomic E-state index is 10.9. The molecule has 6 heteroatoms. The Balaban J connectivity index is 1.80. The highest BCUT2D eigenvalue weighted by Gasteiger charge is 2.04. The second-order valence-corrected chi connectivity index (χ2v) is 5.52. The third kappa shape index (κ3) is 3.97. The van der Waals surface area contributed by atoms with Gasteiger partial charge in [-0.3, -0.25) is 10.2 Å². The van der Waals surface area contributed by atoms with Crippen molar-refractivity contribution in [2.75, 3.05) is 5.75 Å². The second kappa shape index (κ2) is 6.58. The molecule has 1 amide bonds. The SMILES string of the molecule is Cc1ccc2nc(SCCCCC(=O)NN)[nH]c2c1. The number of hydrogen-bond acceptors (Lipinski definition) is 4. The van der Waals surface area contributed by atoms with Crippen LogP contribution >= 0.6 is 11.8 Å². The summed E-state index contributed by atoms with van der Waals surface area (Å²) in [5.41, 5.74) is 5.43. The molecule has 2 aromatic rings. The fraction of sp³-hybridized carbons (Fsp3) is 0.385. The van der Waals surface area contributed by atoms with E-state index in [1.807, 2.05) is 6.07 Å². The quantitative estimate of drug-likeness (QED) is 0.248. The Bertz CT molecular complexity index is 567. The first-order chi connectivity index (χ1) is 9.19. The van der Waals surface area contributed by atoms with Crippen LogP contribution in [-0.2, 0) is 4.79 Å². The molecular formula is C13H18N4OS. The first-order valence-electron chi connectivity index (χ1n) is 6.27. The van der Waals surface area contributed by atoms with Crippen molar-refractivity contribution >= 4 is 28.7 Å². The molecule has 0 aliphatic heterocycles. The van der Waals surface area contributed by atoms with E-state index in [1.165, 1.54) is 5.56 Å². The van der Waals surface area contributed by atoms with Gasteiger partial charge in [-0.05, 0) is 37.5 Å². The molecule has 1 aromatic heterocycles. The number of hydrogen-bond donors (Lipinski definition) is 3. The summed E-state index contributed by atoms with van der Waals surface area (Å²) in [5.74, 6) is 5.85. The number of amides is 1. The van der Waals surface area contributed by atoms with Gasteiger partial charge in [-0.2, -0.15) is 0 Å². The molecule has 0 spiro atoms. The van der Waals surface area contributed by atoms with Gasteiger partial charge in [0, 0.05) is 12.2 Å². The molecule has 2 rings (SSSR count). The van der Waals surface area contributed by atoms with E-state index in [4.69, 9.17) is 5.84 Å². The molecule has 0 bridgehead atoms. The number of nitrogens with zero attached hydrogens (tertiary/aromatic N) is 1. The standard InChI is InChI=1S/C13H18N4OS/c1-9-5-6-10-11(8-9)16-13(15-10)19-7-3-2-4-12(18)17-14/h5-6,8H,2-4,7,14H2,1H3,(H,15,16)(H,17,18). The lowest BCUT2D eigenvalue weighted by Crippen LogP contribution is -2.29. The zero-order valence-corrected chi connectivity index (χ0v) is 11.7. The van der Waals surface area contributed by atoms with Crippen molar-refractivity contribution in [3.63, 3.8) is 0 Å². The summed E-state index contributed by atoms with van der Waals surface area (Å²) < 4.78 is 0. The van der Waals surface area contributed by atoms with E-state index in [1.54, 1.807) is 11.8 Å². The van der Waals surface area contributed by atoms with Gasteiger partial charge in [0.25, 0.3) is 0 Å². The molecule has 19 heavy (non-hydrogen) atoms. The third-order valence-electron chi connectivity index (χ3n) is 2.81. The van der Waals surface area contributed by atoms with E-state index in [-0.39, 0.29) is 5.91 Å². The van der Waals surface area contributed by atoms with Gasteiger partial charge in [-0.15, -0.1) is 0 Å². The zero-order valence-electron chi connectivity index (χ0n) is 10.9.